The van der Waals surface area contributed by atoms with E-state index in [9.17, 15) is 18.3 Å². The minimum absolute atomic E-state index is 0.0420. The molecule has 0 aliphatic heterocycles. The van der Waals surface area contributed by atoms with E-state index in [1.54, 1.807) is 13.8 Å². The summed E-state index contributed by atoms with van der Waals surface area (Å²) in [5.41, 5.74) is -1.59. The average Bonchev–Trinajstić information content (AvgIpc) is 2.26. The van der Waals surface area contributed by atoms with E-state index in [1.165, 1.54) is 6.07 Å². The number of hydrogen-bond acceptors (Lipinski definition) is 2. The van der Waals surface area contributed by atoms with Crippen molar-refractivity contribution >= 4 is 11.6 Å². The lowest BCUT2D eigenvalue weighted by atomic mass is 9.83. The van der Waals surface area contributed by atoms with E-state index < -0.39 is 17.2 Å². The predicted octanol–water partition coefficient (Wildman–Crippen LogP) is 3.64. The van der Waals surface area contributed by atoms with Crippen LogP contribution in [0.3, 0.4) is 0 Å². The highest BCUT2D eigenvalue weighted by molar-refractivity contribution is 6.30. The van der Waals surface area contributed by atoms with Crippen LogP contribution in [-0.2, 0) is 11.6 Å². The molecule has 0 radical (unpaired) electrons. The summed E-state index contributed by atoms with van der Waals surface area (Å²) in [6, 6.07) is 2.20. The van der Waals surface area contributed by atoms with E-state index in [-0.39, 0.29) is 22.9 Å². The van der Waals surface area contributed by atoms with E-state index >= 15 is 0 Å². The fraction of sp³-hybridized carbons (Fsp3) is 0.500. The molecule has 0 saturated heterocycles. The zero-order valence-corrected chi connectivity index (χ0v) is 11.0. The maximum absolute atomic E-state index is 12.9. The first-order chi connectivity index (χ1) is 8.13. The highest BCUT2D eigenvalue weighted by atomic mass is 35.5. The minimum Gasteiger partial charge on any atom is -0.496 e. The van der Waals surface area contributed by atoms with Crippen molar-refractivity contribution in [1.82, 2.24) is 0 Å². The monoisotopic (exact) mass is 282 g/mol. The Bertz CT molecular complexity index is 442. The molecule has 0 bridgehead atoms. The van der Waals surface area contributed by atoms with Crippen LogP contribution in [0.2, 0.25) is 5.02 Å². The molecule has 0 spiro atoms. The van der Waals surface area contributed by atoms with Gasteiger partial charge in [-0.25, -0.2) is 0 Å². The van der Waals surface area contributed by atoms with Gasteiger partial charge in [-0.2, -0.15) is 13.2 Å². The van der Waals surface area contributed by atoms with Crippen molar-refractivity contribution < 1.29 is 23.0 Å². The molecule has 0 heterocycles. The molecule has 1 aromatic carbocycles. The maximum atomic E-state index is 12.9. The summed E-state index contributed by atoms with van der Waals surface area (Å²) in [6.45, 7) is 2.91. The number of methoxy groups -OCH3 is 1. The first-order valence-corrected chi connectivity index (χ1v) is 5.57. The Balaban J connectivity index is 3.58. The summed E-state index contributed by atoms with van der Waals surface area (Å²) < 4.78 is 43.5. The molecule has 0 atom stereocenters. The molecule has 0 aliphatic carbocycles. The number of rotatable bonds is 3. The maximum Gasteiger partial charge on any atom is 0.420 e. The largest absolute Gasteiger partial charge is 0.496 e. The van der Waals surface area contributed by atoms with Crippen molar-refractivity contribution in [2.75, 3.05) is 13.7 Å². The third-order valence-electron chi connectivity index (χ3n) is 2.69. The fourth-order valence-electron chi connectivity index (χ4n) is 1.61. The Kier molecular flexibility index (Phi) is 4.18. The lowest BCUT2D eigenvalue weighted by Gasteiger charge is -2.27. The lowest BCUT2D eigenvalue weighted by molar-refractivity contribution is -0.138. The van der Waals surface area contributed by atoms with Crippen LogP contribution in [0.5, 0.6) is 5.75 Å². The molecular formula is C12H14ClF3O2. The first-order valence-electron chi connectivity index (χ1n) is 5.19. The lowest BCUT2D eigenvalue weighted by Crippen LogP contribution is -2.24. The van der Waals surface area contributed by atoms with Gasteiger partial charge in [-0.05, 0) is 12.1 Å². The van der Waals surface area contributed by atoms with E-state index in [0.717, 1.165) is 13.2 Å². The van der Waals surface area contributed by atoms with Crippen LogP contribution in [0.4, 0.5) is 13.2 Å². The van der Waals surface area contributed by atoms with Crippen LogP contribution >= 0.6 is 11.6 Å². The van der Waals surface area contributed by atoms with E-state index in [2.05, 4.69) is 0 Å². The SMILES string of the molecule is COc1c(C(F)(F)F)cc(Cl)cc1C(C)(C)CO. The highest BCUT2D eigenvalue weighted by Gasteiger charge is 2.38. The first kappa shape index (κ1) is 15.1. The number of alkyl halides is 3. The van der Waals surface area contributed by atoms with Crippen LogP contribution in [0.25, 0.3) is 0 Å². The van der Waals surface area contributed by atoms with Gasteiger partial charge in [0.1, 0.15) is 5.75 Å². The quantitative estimate of drug-likeness (QED) is 0.917. The van der Waals surface area contributed by atoms with Gasteiger partial charge in [0.2, 0.25) is 0 Å². The molecule has 0 aliphatic rings. The Morgan fingerprint density at radius 3 is 2.11 bits per heavy atom. The van der Waals surface area contributed by atoms with Gasteiger partial charge in [0.25, 0.3) is 0 Å². The third-order valence-corrected chi connectivity index (χ3v) is 2.91. The molecule has 0 aromatic heterocycles. The van der Waals surface area contributed by atoms with Gasteiger partial charge < -0.3 is 9.84 Å². The molecule has 1 aromatic rings. The van der Waals surface area contributed by atoms with Crippen LogP contribution in [-0.4, -0.2) is 18.8 Å². The summed E-state index contributed by atoms with van der Waals surface area (Å²) in [5, 5.41) is 9.23. The van der Waals surface area contributed by atoms with Gasteiger partial charge in [0.05, 0.1) is 19.3 Å². The second-order valence-corrected chi connectivity index (χ2v) is 5.01. The van der Waals surface area contributed by atoms with Crippen molar-refractivity contribution in [3.8, 4) is 5.75 Å². The second kappa shape index (κ2) is 4.97. The molecule has 102 valence electrons. The zero-order chi connectivity index (χ0) is 14.1. The van der Waals surface area contributed by atoms with Gasteiger partial charge in [-0.15, -0.1) is 0 Å². The standard InChI is InChI=1S/C12H14ClF3O2/c1-11(2,6-17)8-4-7(13)5-9(10(8)18-3)12(14,15)16/h4-5,17H,6H2,1-3H3. The van der Waals surface area contributed by atoms with E-state index in [0.29, 0.717) is 0 Å². The molecule has 2 nitrogen and oxygen atoms in total. The van der Waals surface area contributed by atoms with Crippen molar-refractivity contribution in [1.29, 1.82) is 0 Å². The predicted molar refractivity (Wildman–Crippen MR) is 63.1 cm³/mol. The van der Waals surface area contributed by atoms with Crippen LogP contribution in [0, 0.1) is 0 Å². The van der Waals surface area contributed by atoms with Gasteiger partial charge in [-0.3, -0.25) is 0 Å². The molecular weight excluding hydrogens is 269 g/mol. The number of aliphatic hydroxyl groups excluding tert-OH is 1. The number of benzene rings is 1. The Hall–Kier alpha value is -0.940. The Morgan fingerprint density at radius 2 is 1.72 bits per heavy atom. The molecule has 1 rings (SSSR count). The van der Waals surface area contributed by atoms with Crippen LogP contribution < -0.4 is 4.74 Å². The van der Waals surface area contributed by atoms with Crippen molar-refractivity contribution in [2.45, 2.75) is 25.4 Å². The number of ether oxygens (including phenoxy) is 1. The van der Waals surface area contributed by atoms with Gasteiger partial charge in [0, 0.05) is 16.0 Å². The zero-order valence-electron chi connectivity index (χ0n) is 10.2. The topological polar surface area (TPSA) is 29.5 Å². The molecule has 0 unspecified atom stereocenters. The molecule has 6 heteroatoms. The molecule has 0 saturated carbocycles. The second-order valence-electron chi connectivity index (χ2n) is 4.57. The molecule has 0 amide bonds. The summed E-state index contributed by atoms with van der Waals surface area (Å²) in [5.74, 6) is -0.300. The van der Waals surface area contributed by atoms with Gasteiger partial charge in [-0.1, -0.05) is 25.4 Å². The summed E-state index contributed by atoms with van der Waals surface area (Å²) in [7, 11) is 1.16. The average molecular weight is 283 g/mol. The van der Waals surface area contributed by atoms with Crippen LogP contribution in [0.1, 0.15) is 25.0 Å². The summed E-state index contributed by atoms with van der Waals surface area (Å²) >= 11 is 5.71. The minimum atomic E-state index is -4.56. The number of aliphatic hydroxyl groups is 1. The Labute approximate surface area is 108 Å². The normalized spacial score (nSPS) is 12.7. The fourth-order valence-corrected chi connectivity index (χ4v) is 1.83. The van der Waals surface area contributed by atoms with E-state index in [1.807, 2.05) is 0 Å². The van der Waals surface area contributed by atoms with Crippen molar-refractivity contribution in [2.24, 2.45) is 0 Å². The highest BCUT2D eigenvalue weighted by Crippen LogP contribution is 2.43. The summed E-state index contributed by atoms with van der Waals surface area (Å²) in [6.07, 6.45) is -4.56. The van der Waals surface area contributed by atoms with Gasteiger partial charge in [0.15, 0.2) is 0 Å². The van der Waals surface area contributed by atoms with Crippen molar-refractivity contribution in [3.63, 3.8) is 0 Å². The smallest absolute Gasteiger partial charge is 0.420 e. The number of halogens is 4. The summed E-state index contributed by atoms with van der Waals surface area (Å²) in [4.78, 5) is 0. The van der Waals surface area contributed by atoms with Crippen molar-refractivity contribution in [3.05, 3.63) is 28.3 Å². The molecule has 0 fully saturated rings. The van der Waals surface area contributed by atoms with Gasteiger partial charge >= 0.3 is 6.18 Å². The van der Waals surface area contributed by atoms with Crippen LogP contribution in [0.15, 0.2) is 12.1 Å². The molecule has 18 heavy (non-hydrogen) atoms. The number of hydrogen-bond donors (Lipinski definition) is 1. The van der Waals surface area contributed by atoms with E-state index in [4.69, 9.17) is 16.3 Å². The third kappa shape index (κ3) is 2.90. The Morgan fingerprint density at radius 1 is 1.22 bits per heavy atom. The molecule has 1 N–H and O–H groups in total.